The first-order valence-corrected chi connectivity index (χ1v) is 10.6. The van der Waals surface area contributed by atoms with Crippen molar-refractivity contribution < 1.29 is 9.18 Å². The molecule has 1 saturated heterocycles. The van der Waals surface area contributed by atoms with Crippen molar-refractivity contribution in [2.45, 2.75) is 32.2 Å². The highest BCUT2D eigenvalue weighted by molar-refractivity contribution is 6.02. The largest absolute Gasteiger partial charge is 0.368 e. The van der Waals surface area contributed by atoms with Crippen molar-refractivity contribution in [3.05, 3.63) is 65.6 Å². The number of aryl methyl sites for hydroxylation is 1. The van der Waals surface area contributed by atoms with Crippen molar-refractivity contribution in [3.8, 4) is 0 Å². The van der Waals surface area contributed by atoms with E-state index < -0.39 is 5.41 Å². The van der Waals surface area contributed by atoms with E-state index in [-0.39, 0.29) is 17.2 Å². The van der Waals surface area contributed by atoms with Crippen LogP contribution in [0.25, 0.3) is 10.9 Å². The predicted molar refractivity (Wildman–Crippen MR) is 124 cm³/mol. The number of carbonyl (C=O) groups is 1. The van der Waals surface area contributed by atoms with E-state index in [9.17, 15) is 9.18 Å². The van der Waals surface area contributed by atoms with Crippen molar-refractivity contribution in [2.24, 2.45) is 0 Å². The van der Waals surface area contributed by atoms with Crippen LogP contribution in [0.3, 0.4) is 0 Å². The fourth-order valence-corrected chi connectivity index (χ4v) is 4.02. The molecule has 31 heavy (non-hydrogen) atoms. The molecule has 0 bridgehead atoms. The molecule has 2 aromatic carbocycles. The molecule has 1 aliphatic rings. The quantitative estimate of drug-likeness (QED) is 0.667. The fraction of sp³-hybridized carbons (Fsp3) is 0.360. The second-order valence-electron chi connectivity index (χ2n) is 9.10. The van der Waals surface area contributed by atoms with Gasteiger partial charge < -0.3 is 15.1 Å². The molecule has 2 heterocycles. The maximum atomic E-state index is 14.2. The SMILES string of the molecule is Cc1ccc(N2CC(N(C)C)C2)cc1NC(=O)C(C)(C)c1ccc(F)c2ncccc12. The number of carbonyl (C=O) groups excluding carboxylic acids is 1. The molecule has 0 spiro atoms. The first kappa shape index (κ1) is 21.2. The van der Waals surface area contributed by atoms with E-state index in [0.29, 0.717) is 11.4 Å². The minimum Gasteiger partial charge on any atom is -0.368 e. The van der Waals surface area contributed by atoms with E-state index in [4.69, 9.17) is 0 Å². The van der Waals surface area contributed by atoms with Gasteiger partial charge in [0.2, 0.25) is 5.91 Å². The Bertz CT molecular complexity index is 1140. The number of benzene rings is 2. The zero-order chi connectivity index (χ0) is 22.3. The number of nitrogens with zero attached hydrogens (tertiary/aromatic N) is 3. The third-order valence-corrected chi connectivity index (χ3v) is 6.39. The lowest BCUT2D eigenvalue weighted by Gasteiger charge is -2.44. The highest BCUT2D eigenvalue weighted by Crippen LogP contribution is 2.33. The zero-order valence-electron chi connectivity index (χ0n) is 18.7. The van der Waals surface area contributed by atoms with E-state index >= 15 is 0 Å². The molecule has 1 amide bonds. The van der Waals surface area contributed by atoms with Gasteiger partial charge in [-0.15, -0.1) is 0 Å². The highest BCUT2D eigenvalue weighted by Gasteiger charge is 2.33. The summed E-state index contributed by atoms with van der Waals surface area (Å²) in [6.07, 6.45) is 1.56. The Morgan fingerprint density at radius 3 is 2.65 bits per heavy atom. The minimum atomic E-state index is -0.871. The van der Waals surface area contributed by atoms with E-state index in [1.165, 1.54) is 6.07 Å². The summed E-state index contributed by atoms with van der Waals surface area (Å²) in [5.74, 6) is -0.524. The number of halogens is 1. The minimum absolute atomic E-state index is 0.140. The van der Waals surface area contributed by atoms with Gasteiger partial charge in [0.25, 0.3) is 0 Å². The Morgan fingerprint density at radius 2 is 1.94 bits per heavy atom. The average Bonchev–Trinajstić information content (AvgIpc) is 2.69. The summed E-state index contributed by atoms with van der Waals surface area (Å²) in [7, 11) is 4.19. The molecule has 4 rings (SSSR count). The van der Waals surface area contributed by atoms with Gasteiger partial charge >= 0.3 is 0 Å². The first-order valence-electron chi connectivity index (χ1n) is 10.6. The van der Waals surface area contributed by atoms with E-state index in [0.717, 1.165) is 35.6 Å². The highest BCUT2D eigenvalue weighted by atomic mass is 19.1. The number of aromatic nitrogens is 1. The van der Waals surface area contributed by atoms with Crippen molar-refractivity contribution in [2.75, 3.05) is 37.4 Å². The molecule has 0 saturated carbocycles. The lowest BCUT2D eigenvalue weighted by atomic mass is 9.81. The Hall–Kier alpha value is -2.99. The second-order valence-corrected chi connectivity index (χ2v) is 9.10. The van der Waals surface area contributed by atoms with Crippen LogP contribution in [0.5, 0.6) is 0 Å². The van der Waals surface area contributed by atoms with Gasteiger partial charge in [0.15, 0.2) is 0 Å². The molecule has 1 fully saturated rings. The number of amides is 1. The lowest BCUT2D eigenvalue weighted by molar-refractivity contribution is -0.120. The third kappa shape index (κ3) is 3.88. The van der Waals surface area contributed by atoms with Crippen LogP contribution in [0.15, 0.2) is 48.7 Å². The van der Waals surface area contributed by atoms with Crippen LogP contribution >= 0.6 is 0 Å². The van der Waals surface area contributed by atoms with Gasteiger partial charge in [-0.3, -0.25) is 9.78 Å². The van der Waals surface area contributed by atoms with Gasteiger partial charge in [-0.1, -0.05) is 18.2 Å². The Balaban J connectivity index is 1.60. The second kappa shape index (κ2) is 7.93. The third-order valence-electron chi connectivity index (χ3n) is 6.39. The molecule has 0 radical (unpaired) electrons. The van der Waals surface area contributed by atoms with Gasteiger partial charge in [-0.2, -0.15) is 0 Å². The van der Waals surface area contributed by atoms with Gasteiger partial charge in [0.1, 0.15) is 11.3 Å². The topological polar surface area (TPSA) is 48.5 Å². The van der Waals surface area contributed by atoms with Crippen LogP contribution in [0.4, 0.5) is 15.8 Å². The monoisotopic (exact) mass is 420 g/mol. The molecule has 0 atom stereocenters. The van der Waals surface area contributed by atoms with Gasteiger partial charge in [-0.05, 0) is 70.3 Å². The number of pyridine rings is 1. The van der Waals surface area contributed by atoms with Crippen molar-refractivity contribution >= 4 is 28.2 Å². The first-order chi connectivity index (χ1) is 14.7. The van der Waals surface area contributed by atoms with Crippen LogP contribution in [0, 0.1) is 12.7 Å². The van der Waals surface area contributed by atoms with Crippen molar-refractivity contribution in [1.82, 2.24) is 9.88 Å². The van der Waals surface area contributed by atoms with Crippen LogP contribution in [-0.4, -0.2) is 49.0 Å². The Morgan fingerprint density at radius 1 is 1.19 bits per heavy atom. The summed E-state index contributed by atoms with van der Waals surface area (Å²) in [5.41, 5.74) is 3.07. The standard InChI is InChI=1S/C25H29FN4O/c1-16-8-9-17(30-14-18(15-30)29(4)5)13-22(16)28-24(31)25(2,3)20-10-11-21(26)23-19(20)7-6-12-27-23/h6-13,18H,14-15H2,1-5H3,(H,28,31). The maximum absolute atomic E-state index is 14.2. The van der Waals surface area contributed by atoms with Crippen LogP contribution in [0.1, 0.15) is 25.0 Å². The summed E-state index contributed by atoms with van der Waals surface area (Å²) in [4.78, 5) is 22.1. The van der Waals surface area contributed by atoms with E-state index in [1.807, 2.05) is 39.0 Å². The zero-order valence-corrected chi connectivity index (χ0v) is 18.7. The molecular formula is C25H29FN4O. The molecular weight excluding hydrogens is 391 g/mol. The number of hydrogen-bond donors (Lipinski definition) is 1. The maximum Gasteiger partial charge on any atom is 0.234 e. The van der Waals surface area contributed by atoms with Crippen molar-refractivity contribution in [3.63, 3.8) is 0 Å². The molecule has 1 aliphatic heterocycles. The van der Waals surface area contributed by atoms with Crippen LogP contribution < -0.4 is 10.2 Å². The molecule has 5 nitrogen and oxygen atoms in total. The number of nitrogens with one attached hydrogen (secondary N) is 1. The van der Waals surface area contributed by atoms with Gasteiger partial charge in [-0.25, -0.2) is 4.39 Å². The Labute approximate surface area is 182 Å². The number of anilines is 2. The molecule has 3 aromatic rings. The van der Waals surface area contributed by atoms with Gasteiger partial charge in [0.05, 0.1) is 5.41 Å². The predicted octanol–water partition coefficient (Wildman–Crippen LogP) is 4.35. The smallest absolute Gasteiger partial charge is 0.234 e. The summed E-state index contributed by atoms with van der Waals surface area (Å²) >= 11 is 0. The summed E-state index contributed by atoms with van der Waals surface area (Å²) in [6, 6.07) is 13.4. The van der Waals surface area contributed by atoms with Crippen LogP contribution in [-0.2, 0) is 10.2 Å². The number of likely N-dealkylation sites (N-methyl/N-ethyl adjacent to an activating group) is 1. The number of hydrogen-bond acceptors (Lipinski definition) is 4. The fourth-order valence-electron chi connectivity index (χ4n) is 4.02. The molecule has 0 unspecified atom stereocenters. The number of rotatable bonds is 5. The summed E-state index contributed by atoms with van der Waals surface area (Å²) in [6.45, 7) is 7.66. The summed E-state index contributed by atoms with van der Waals surface area (Å²) < 4.78 is 14.2. The summed E-state index contributed by atoms with van der Waals surface area (Å²) in [5, 5.41) is 3.77. The molecule has 1 N–H and O–H groups in total. The molecule has 0 aliphatic carbocycles. The van der Waals surface area contributed by atoms with Crippen molar-refractivity contribution in [1.29, 1.82) is 0 Å². The van der Waals surface area contributed by atoms with E-state index in [1.54, 1.807) is 18.3 Å². The van der Waals surface area contributed by atoms with Gasteiger partial charge in [0, 0.05) is 42.1 Å². The number of fused-ring (bicyclic) bond motifs is 1. The molecule has 162 valence electrons. The average molecular weight is 421 g/mol. The molecule has 6 heteroatoms. The Kier molecular flexibility index (Phi) is 5.43. The molecule has 1 aromatic heterocycles. The van der Waals surface area contributed by atoms with E-state index in [2.05, 4.69) is 40.3 Å². The lowest BCUT2D eigenvalue weighted by Crippen LogP contribution is -2.57. The van der Waals surface area contributed by atoms with Crippen LogP contribution in [0.2, 0.25) is 0 Å². The normalized spacial score (nSPS) is 14.7.